The average molecular weight is 420 g/mol. The van der Waals surface area contributed by atoms with E-state index in [1.807, 2.05) is 64.3 Å². The van der Waals surface area contributed by atoms with Crippen molar-refractivity contribution in [2.45, 2.75) is 6.10 Å². The van der Waals surface area contributed by atoms with Crippen molar-refractivity contribution in [3.63, 3.8) is 0 Å². The molecule has 0 saturated carbocycles. The van der Waals surface area contributed by atoms with Crippen LogP contribution in [0, 0.1) is 0 Å². The van der Waals surface area contributed by atoms with Crippen LogP contribution in [0.25, 0.3) is 16.6 Å². The van der Waals surface area contributed by atoms with Crippen LogP contribution in [0.2, 0.25) is 0 Å². The number of thiophene rings is 1. The third-order valence-corrected chi connectivity index (χ3v) is 5.97. The van der Waals surface area contributed by atoms with Gasteiger partial charge in [-0.25, -0.2) is 4.52 Å². The third kappa shape index (κ3) is 3.44. The van der Waals surface area contributed by atoms with E-state index in [1.54, 1.807) is 11.6 Å². The van der Waals surface area contributed by atoms with Gasteiger partial charge in [-0.15, -0.1) is 5.10 Å². The molecule has 1 saturated heterocycles. The van der Waals surface area contributed by atoms with E-state index in [0.717, 1.165) is 33.7 Å². The predicted molar refractivity (Wildman–Crippen MR) is 114 cm³/mol. The molecule has 1 aliphatic rings. The summed E-state index contributed by atoms with van der Waals surface area (Å²) < 4.78 is 12.9. The highest BCUT2D eigenvalue weighted by Crippen LogP contribution is 2.28. The molecule has 1 aromatic carbocycles. The Balaban J connectivity index is 1.40. The van der Waals surface area contributed by atoms with E-state index in [0.29, 0.717) is 19.7 Å². The molecular weight excluding hydrogens is 400 g/mol. The number of pyridine rings is 1. The number of nitrogens with zero attached hydrogens (tertiary/aromatic N) is 4. The number of aromatic nitrogens is 3. The second-order valence-electron chi connectivity index (χ2n) is 7.07. The van der Waals surface area contributed by atoms with Crippen molar-refractivity contribution in [3.8, 4) is 16.9 Å². The SMILES string of the molecule is COc1ccc(-c2ccc3c([C@@H]4CN(C(=O)c5ccsc5)CCO4)nnn3c2)cc1. The van der Waals surface area contributed by atoms with Gasteiger partial charge in [-0.3, -0.25) is 4.79 Å². The van der Waals surface area contributed by atoms with E-state index in [1.165, 1.54) is 11.3 Å². The van der Waals surface area contributed by atoms with Crippen molar-refractivity contribution in [2.24, 2.45) is 0 Å². The van der Waals surface area contributed by atoms with E-state index < -0.39 is 0 Å². The fraction of sp³-hybridized carbons (Fsp3) is 0.227. The Hall–Kier alpha value is -3.23. The van der Waals surface area contributed by atoms with Crippen LogP contribution in [0.5, 0.6) is 5.75 Å². The number of benzene rings is 1. The molecule has 1 aliphatic heterocycles. The normalized spacial score (nSPS) is 16.7. The third-order valence-electron chi connectivity index (χ3n) is 5.29. The van der Waals surface area contributed by atoms with Crippen molar-refractivity contribution < 1.29 is 14.3 Å². The van der Waals surface area contributed by atoms with Gasteiger partial charge in [0.2, 0.25) is 0 Å². The molecule has 5 rings (SSSR count). The van der Waals surface area contributed by atoms with Gasteiger partial charge < -0.3 is 14.4 Å². The van der Waals surface area contributed by atoms with Crippen molar-refractivity contribution in [3.05, 3.63) is 70.7 Å². The van der Waals surface area contributed by atoms with Crippen LogP contribution >= 0.6 is 11.3 Å². The van der Waals surface area contributed by atoms with Gasteiger partial charge in [0.1, 0.15) is 17.5 Å². The molecule has 0 aliphatic carbocycles. The molecule has 0 radical (unpaired) electrons. The van der Waals surface area contributed by atoms with E-state index in [-0.39, 0.29) is 12.0 Å². The van der Waals surface area contributed by atoms with Crippen molar-refractivity contribution in [1.29, 1.82) is 0 Å². The number of fused-ring (bicyclic) bond motifs is 1. The molecule has 0 bridgehead atoms. The number of hydrogen-bond donors (Lipinski definition) is 0. The Kier molecular flexibility index (Phi) is 4.94. The molecule has 30 heavy (non-hydrogen) atoms. The minimum atomic E-state index is -0.300. The summed E-state index contributed by atoms with van der Waals surface area (Å²) in [5, 5.41) is 12.5. The van der Waals surface area contributed by atoms with Gasteiger partial charge >= 0.3 is 0 Å². The lowest BCUT2D eigenvalue weighted by Crippen LogP contribution is -2.42. The number of carbonyl (C=O) groups is 1. The first-order valence-corrected chi connectivity index (χ1v) is 10.6. The van der Waals surface area contributed by atoms with Gasteiger partial charge in [-0.05, 0) is 35.2 Å². The van der Waals surface area contributed by atoms with Crippen LogP contribution in [0.15, 0.2) is 59.4 Å². The maximum atomic E-state index is 12.7. The number of hydrogen-bond acceptors (Lipinski definition) is 6. The number of carbonyl (C=O) groups excluding carboxylic acids is 1. The van der Waals surface area contributed by atoms with E-state index >= 15 is 0 Å². The average Bonchev–Trinajstić information content (AvgIpc) is 3.48. The Labute approximate surface area is 177 Å². The molecule has 0 N–H and O–H groups in total. The number of morpholine rings is 1. The second-order valence-corrected chi connectivity index (χ2v) is 7.85. The zero-order chi connectivity index (χ0) is 20.5. The summed E-state index contributed by atoms with van der Waals surface area (Å²) in [6, 6.07) is 13.8. The lowest BCUT2D eigenvalue weighted by Gasteiger charge is -2.32. The molecule has 3 aromatic heterocycles. The first-order chi connectivity index (χ1) is 14.7. The molecule has 0 unspecified atom stereocenters. The summed E-state index contributed by atoms with van der Waals surface area (Å²) in [5.41, 5.74) is 4.44. The molecule has 1 amide bonds. The number of ether oxygens (including phenoxy) is 2. The van der Waals surface area contributed by atoms with E-state index in [9.17, 15) is 4.79 Å². The Morgan fingerprint density at radius 3 is 2.77 bits per heavy atom. The van der Waals surface area contributed by atoms with Gasteiger partial charge in [0.25, 0.3) is 5.91 Å². The first-order valence-electron chi connectivity index (χ1n) is 9.65. The summed E-state index contributed by atoms with van der Waals surface area (Å²) in [5.74, 6) is 0.849. The van der Waals surface area contributed by atoms with Crippen LogP contribution in [-0.2, 0) is 4.74 Å². The summed E-state index contributed by atoms with van der Waals surface area (Å²) in [6.07, 6.45) is 1.65. The molecule has 7 nitrogen and oxygen atoms in total. The van der Waals surface area contributed by atoms with Crippen LogP contribution in [-0.4, -0.2) is 52.4 Å². The monoisotopic (exact) mass is 420 g/mol. The zero-order valence-electron chi connectivity index (χ0n) is 16.4. The number of amides is 1. The standard InChI is InChI=1S/C22H20N4O3S/c1-28-18-5-2-15(3-6-18)16-4-7-19-21(23-24-26(19)12-16)20-13-25(9-10-29-20)22(27)17-8-11-30-14-17/h2-8,11-12,14,20H,9-10,13H2,1H3/t20-/m0/s1. The van der Waals surface area contributed by atoms with Gasteiger partial charge in [0.05, 0.1) is 31.3 Å². The molecular formula is C22H20N4O3S. The molecule has 4 aromatic rings. The number of methoxy groups -OCH3 is 1. The first kappa shape index (κ1) is 18.8. The molecule has 8 heteroatoms. The maximum Gasteiger partial charge on any atom is 0.254 e. The van der Waals surface area contributed by atoms with Crippen LogP contribution in [0.3, 0.4) is 0 Å². The van der Waals surface area contributed by atoms with Gasteiger partial charge in [-0.1, -0.05) is 23.4 Å². The molecule has 0 spiro atoms. The summed E-state index contributed by atoms with van der Waals surface area (Å²) >= 11 is 1.52. The fourth-order valence-corrected chi connectivity index (χ4v) is 4.29. The lowest BCUT2D eigenvalue weighted by atomic mass is 10.1. The highest BCUT2D eigenvalue weighted by Gasteiger charge is 2.29. The number of rotatable bonds is 4. The maximum absolute atomic E-state index is 12.7. The minimum Gasteiger partial charge on any atom is -0.497 e. The van der Waals surface area contributed by atoms with Crippen molar-refractivity contribution in [1.82, 2.24) is 19.7 Å². The molecule has 1 atom stereocenters. The fourth-order valence-electron chi connectivity index (χ4n) is 3.67. The van der Waals surface area contributed by atoms with E-state index in [4.69, 9.17) is 9.47 Å². The summed E-state index contributed by atoms with van der Waals surface area (Å²) in [4.78, 5) is 14.5. The summed E-state index contributed by atoms with van der Waals surface area (Å²) in [6.45, 7) is 1.51. The van der Waals surface area contributed by atoms with Crippen LogP contribution < -0.4 is 4.74 Å². The molecule has 1 fully saturated rings. The van der Waals surface area contributed by atoms with E-state index in [2.05, 4.69) is 10.3 Å². The topological polar surface area (TPSA) is 69.0 Å². The summed E-state index contributed by atoms with van der Waals surface area (Å²) in [7, 11) is 1.65. The molecule has 152 valence electrons. The highest BCUT2D eigenvalue weighted by molar-refractivity contribution is 7.08. The smallest absolute Gasteiger partial charge is 0.254 e. The van der Waals surface area contributed by atoms with Gasteiger partial charge in [0.15, 0.2) is 0 Å². The Morgan fingerprint density at radius 1 is 1.17 bits per heavy atom. The zero-order valence-corrected chi connectivity index (χ0v) is 17.2. The lowest BCUT2D eigenvalue weighted by molar-refractivity contribution is -0.0241. The minimum absolute atomic E-state index is 0.0304. The van der Waals surface area contributed by atoms with Crippen LogP contribution in [0.1, 0.15) is 22.2 Å². The van der Waals surface area contributed by atoms with Crippen molar-refractivity contribution in [2.75, 3.05) is 26.8 Å². The molecule has 4 heterocycles. The second kappa shape index (κ2) is 7.89. The van der Waals surface area contributed by atoms with Gasteiger partial charge in [-0.2, -0.15) is 11.3 Å². The highest BCUT2D eigenvalue weighted by atomic mass is 32.1. The predicted octanol–water partition coefficient (Wildman–Crippen LogP) is 3.68. The van der Waals surface area contributed by atoms with Gasteiger partial charge in [0, 0.05) is 23.7 Å². The van der Waals surface area contributed by atoms with Crippen molar-refractivity contribution >= 4 is 22.8 Å². The Morgan fingerprint density at radius 2 is 2.00 bits per heavy atom. The van der Waals surface area contributed by atoms with Crippen LogP contribution in [0.4, 0.5) is 0 Å². The Bertz CT molecular complexity index is 1170. The largest absolute Gasteiger partial charge is 0.497 e. The quantitative estimate of drug-likeness (QED) is 0.504.